The van der Waals surface area contributed by atoms with Crippen LogP contribution in [0.1, 0.15) is 85.5 Å². The average molecular weight is 453 g/mol. The Morgan fingerprint density at radius 1 is 1.22 bits per heavy atom. The van der Waals surface area contributed by atoms with Crippen LogP contribution >= 0.6 is 0 Å². The summed E-state index contributed by atoms with van der Waals surface area (Å²) in [5.74, 6) is -2.06. The van der Waals surface area contributed by atoms with Crippen LogP contribution in [0, 0.1) is 23.2 Å². The second-order valence-corrected chi connectivity index (χ2v) is 11.4. The molecular weight excluding hydrogens is 410 g/mol. The van der Waals surface area contributed by atoms with Crippen LogP contribution in [0.5, 0.6) is 0 Å². The molecule has 0 aromatic heterocycles. The van der Waals surface area contributed by atoms with Crippen LogP contribution in [0.3, 0.4) is 0 Å². The maximum absolute atomic E-state index is 14.3. The minimum Gasteiger partial charge on any atom is -0.393 e. The van der Waals surface area contributed by atoms with Gasteiger partial charge in [0.15, 0.2) is 0 Å². The number of allylic oxidation sites excluding steroid dienone is 3. The number of rotatable bonds is 6. The SMILES string of the molecule is C=C1/C(=C\C=C2CCC[C@@]3(C)C2CC[C@@H]3[C@H](C)CCC(F)(F)C(C)(C)O)C[C@@H](O)C[C@H]1O. The fourth-order valence-electron chi connectivity index (χ4n) is 6.60. The predicted octanol–water partition coefficient (Wildman–Crippen LogP) is 5.95. The smallest absolute Gasteiger partial charge is 0.275 e. The van der Waals surface area contributed by atoms with Gasteiger partial charge in [-0.3, -0.25) is 0 Å². The third-order valence-electron chi connectivity index (χ3n) is 8.80. The third-order valence-corrected chi connectivity index (χ3v) is 8.80. The van der Waals surface area contributed by atoms with Crippen molar-refractivity contribution in [2.45, 2.75) is 109 Å². The number of halogens is 2. The summed E-state index contributed by atoms with van der Waals surface area (Å²) in [5, 5.41) is 29.9. The maximum atomic E-state index is 14.3. The molecule has 0 aromatic rings. The molecule has 0 saturated heterocycles. The molecule has 3 fully saturated rings. The van der Waals surface area contributed by atoms with E-state index >= 15 is 0 Å². The van der Waals surface area contributed by atoms with Crippen LogP contribution in [-0.4, -0.2) is 39.1 Å². The minimum absolute atomic E-state index is 0.106. The summed E-state index contributed by atoms with van der Waals surface area (Å²) in [6, 6.07) is 0. The zero-order chi connectivity index (χ0) is 23.9. The van der Waals surface area contributed by atoms with E-state index in [4.69, 9.17) is 0 Å². The quantitative estimate of drug-likeness (QED) is 0.467. The summed E-state index contributed by atoms with van der Waals surface area (Å²) in [5.41, 5.74) is 1.15. The molecule has 0 radical (unpaired) electrons. The van der Waals surface area contributed by atoms with Gasteiger partial charge in [0.05, 0.1) is 12.2 Å². The molecule has 5 heteroatoms. The largest absolute Gasteiger partial charge is 0.393 e. The highest BCUT2D eigenvalue weighted by Gasteiger charge is 2.51. The molecule has 3 rings (SSSR count). The van der Waals surface area contributed by atoms with Crippen LogP contribution in [-0.2, 0) is 0 Å². The molecule has 3 aliphatic carbocycles. The Morgan fingerprint density at radius 3 is 2.56 bits per heavy atom. The lowest BCUT2D eigenvalue weighted by atomic mass is 9.60. The van der Waals surface area contributed by atoms with Gasteiger partial charge in [0.2, 0.25) is 0 Å². The van der Waals surface area contributed by atoms with Crippen LogP contribution in [0.2, 0.25) is 0 Å². The number of hydrogen-bond acceptors (Lipinski definition) is 3. The number of aliphatic hydroxyl groups excluding tert-OH is 2. The topological polar surface area (TPSA) is 60.7 Å². The Bertz CT molecular complexity index is 763. The third kappa shape index (κ3) is 5.05. The van der Waals surface area contributed by atoms with E-state index in [0.717, 1.165) is 37.7 Å². The summed E-state index contributed by atoms with van der Waals surface area (Å²) in [6.45, 7) is 10.8. The minimum atomic E-state index is -3.08. The van der Waals surface area contributed by atoms with Crippen molar-refractivity contribution in [1.29, 1.82) is 0 Å². The lowest BCUT2D eigenvalue weighted by molar-refractivity contribution is -0.168. The van der Waals surface area contributed by atoms with Gasteiger partial charge in [-0.25, -0.2) is 8.78 Å². The molecule has 3 N–H and O–H groups in total. The van der Waals surface area contributed by atoms with E-state index in [-0.39, 0.29) is 17.8 Å². The second kappa shape index (κ2) is 9.31. The predicted molar refractivity (Wildman–Crippen MR) is 124 cm³/mol. The van der Waals surface area contributed by atoms with Crippen molar-refractivity contribution in [3.63, 3.8) is 0 Å². The van der Waals surface area contributed by atoms with Crippen molar-refractivity contribution in [2.24, 2.45) is 23.2 Å². The van der Waals surface area contributed by atoms with Crippen LogP contribution in [0.15, 0.2) is 35.5 Å². The monoisotopic (exact) mass is 452 g/mol. The first-order valence-corrected chi connectivity index (χ1v) is 12.3. The molecule has 3 saturated carbocycles. The zero-order valence-corrected chi connectivity index (χ0v) is 20.2. The van der Waals surface area contributed by atoms with Crippen LogP contribution in [0.4, 0.5) is 8.78 Å². The Labute approximate surface area is 192 Å². The van der Waals surface area contributed by atoms with E-state index in [9.17, 15) is 24.1 Å². The van der Waals surface area contributed by atoms with Gasteiger partial charge in [-0.05, 0) is 93.1 Å². The Morgan fingerprint density at radius 2 is 1.91 bits per heavy atom. The van der Waals surface area contributed by atoms with Gasteiger partial charge in [-0.15, -0.1) is 0 Å². The van der Waals surface area contributed by atoms with Crippen molar-refractivity contribution < 1.29 is 24.1 Å². The standard InChI is InChI=1S/C27H42F2O3/c1-17(12-14-27(28,29)25(3,4)32)22-10-11-23-19(7-6-13-26(22,23)5)8-9-20-15-21(30)16-24(31)18(20)2/h8-9,17,21-24,30-32H,2,6-7,10-16H2,1,3-5H3/b19-8?,20-9-/t17-,21-,22-,23?,24-,26-/m1/s1. The van der Waals surface area contributed by atoms with E-state index in [0.29, 0.717) is 36.7 Å². The van der Waals surface area contributed by atoms with Crippen molar-refractivity contribution >= 4 is 0 Å². The van der Waals surface area contributed by atoms with Gasteiger partial charge in [0.1, 0.15) is 5.60 Å². The van der Waals surface area contributed by atoms with Gasteiger partial charge in [-0.2, -0.15) is 0 Å². The first-order chi connectivity index (χ1) is 14.8. The first-order valence-electron chi connectivity index (χ1n) is 12.3. The molecule has 3 aliphatic rings. The van der Waals surface area contributed by atoms with Crippen molar-refractivity contribution in [3.05, 3.63) is 35.5 Å². The summed E-state index contributed by atoms with van der Waals surface area (Å²) in [6.07, 6.45) is 9.40. The zero-order valence-electron chi connectivity index (χ0n) is 20.2. The van der Waals surface area contributed by atoms with Crippen LogP contribution < -0.4 is 0 Å². The van der Waals surface area contributed by atoms with E-state index in [1.807, 2.05) is 6.08 Å². The summed E-state index contributed by atoms with van der Waals surface area (Å²) >= 11 is 0. The number of aliphatic hydroxyl groups is 3. The molecule has 0 aromatic carbocycles. The molecule has 0 spiro atoms. The fourth-order valence-corrected chi connectivity index (χ4v) is 6.60. The van der Waals surface area contributed by atoms with Gasteiger partial charge in [0.25, 0.3) is 5.92 Å². The van der Waals surface area contributed by atoms with Crippen molar-refractivity contribution in [3.8, 4) is 0 Å². The number of fused-ring (bicyclic) bond motifs is 1. The average Bonchev–Trinajstić information content (AvgIpc) is 3.04. The molecule has 0 heterocycles. The highest BCUT2D eigenvalue weighted by Crippen LogP contribution is 2.60. The molecule has 0 bridgehead atoms. The summed E-state index contributed by atoms with van der Waals surface area (Å²) in [7, 11) is 0. The Hall–Kier alpha value is -1.04. The van der Waals surface area contributed by atoms with E-state index in [1.165, 1.54) is 19.4 Å². The molecule has 6 atom stereocenters. The van der Waals surface area contributed by atoms with Gasteiger partial charge >= 0.3 is 0 Å². The number of alkyl halides is 2. The highest BCUT2D eigenvalue weighted by atomic mass is 19.3. The Kier molecular flexibility index (Phi) is 7.44. The molecule has 3 nitrogen and oxygen atoms in total. The molecule has 1 unspecified atom stereocenters. The molecule has 32 heavy (non-hydrogen) atoms. The van der Waals surface area contributed by atoms with E-state index < -0.39 is 23.7 Å². The maximum Gasteiger partial charge on any atom is 0.275 e. The van der Waals surface area contributed by atoms with Gasteiger partial charge in [-0.1, -0.05) is 38.2 Å². The lowest BCUT2D eigenvalue weighted by Crippen LogP contribution is -2.43. The normalized spacial score (nSPS) is 37.7. The highest BCUT2D eigenvalue weighted by molar-refractivity contribution is 5.38. The first kappa shape index (κ1) is 25.6. The van der Waals surface area contributed by atoms with E-state index in [2.05, 4.69) is 26.5 Å². The van der Waals surface area contributed by atoms with Gasteiger partial charge < -0.3 is 15.3 Å². The molecule has 0 aliphatic heterocycles. The van der Waals surface area contributed by atoms with Crippen LogP contribution in [0.25, 0.3) is 0 Å². The summed E-state index contributed by atoms with van der Waals surface area (Å²) < 4.78 is 28.6. The molecular formula is C27H42F2O3. The Balaban J connectivity index is 1.73. The van der Waals surface area contributed by atoms with E-state index in [1.54, 1.807) is 0 Å². The second-order valence-electron chi connectivity index (χ2n) is 11.4. The molecule has 182 valence electrons. The number of hydrogen-bond donors (Lipinski definition) is 3. The summed E-state index contributed by atoms with van der Waals surface area (Å²) in [4.78, 5) is 0. The molecule has 0 amide bonds. The van der Waals surface area contributed by atoms with Crippen molar-refractivity contribution in [2.75, 3.05) is 0 Å². The lowest BCUT2D eigenvalue weighted by Gasteiger charge is -2.44. The van der Waals surface area contributed by atoms with Gasteiger partial charge in [0, 0.05) is 12.8 Å². The van der Waals surface area contributed by atoms with Crippen molar-refractivity contribution in [1.82, 2.24) is 0 Å². The fraction of sp³-hybridized carbons (Fsp3) is 0.778.